The highest BCUT2D eigenvalue weighted by molar-refractivity contribution is 7.47. The zero-order valence-electron chi connectivity index (χ0n) is 69.8. The molecule has 4 N–H and O–H groups in total. The number of allylic oxidation sites excluding steroid dienone is 26. The quantitative estimate of drug-likeness (QED) is 0.0146. The molecule has 5 unspecified atom stereocenters. The average Bonchev–Trinajstić information content (AvgIpc) is 0.900. The number of hydrogen-bond donors (Lipinski definition) is 4. The zero-order chi connectivity index (χ0) is 80.8. The lowest BCUT2D eigenvalue weighted by atomic mass is 10.0. The molecule has 636 valence electrons. The molecule has 0 aromatic carbocycles. The summed E-state index contributed by atoms with van der Waals surface area (Å²) in [7, 11) is -9.82. The second-order valence-electron chi connectivity index (χ2n) is 29.0. The third-order valence-corrected chi connectivity index (χ3v) is 20.1. The van der Waals surface area contributed by atoms with E-state index in [2.05, 4.69) is 179 Å². The van der Waals surface area contributed by atoms with Crippen LogP contribution < -0.4 is 0 Å². The van der Waals surface area contributed by atoms with E-state index >= 15 is 0 Å². The van der Waals surface area contributed by atoms with Crippen molar-refractivity contribution in [1.82, 2.24) is 0 Å². The molecule has 0 aromatic rings. The van der Waals surface area contributed by atoms with Gasteiger partial charge in [0.2, 0.25) is 0 Å². The normalized spacial score (nSPS) is 14.6. The predicted molar refractivity (Wildman–Crippen MR) is 463 cm³/mol. The maximum Gasteiger partial charge on any atom is 0.472 e. The Balaban J connectivity index is 4.65. The van der Waals surface area contributed by atoms with Gasteiger partial charge in [-0.05, 0) is 154 Å². The van der Waals surface area contributed by atoms with E-state index in [4.69, 9.17) is 32.3 Å². The van der Waals surface area contributed by atoms with Crippen LogP contribution in [-0.4, -0.2) is 95.9 Å². The lowest BCUT2D eigenvalue weighted by molar-refractivity contribution is -0.161. The fourth-order valence-electron chi connectivity index (χ4n) is 11.6. The summed E-state index contributed by atoms with van der Waals surface area (Å²) in [5.74, 6) is -1.60. The van der Waals surface area contributed by atoms with Gasteiger partial charge in [0.1, 0.15) is 25.4 Å². The lowest BCUT2D eigenvalue weighted by Crippen LogP contribution is -2.30. The molecule has 0 amide bonds. The van der Waals surface area contributed by atoms with Crippen LogP contribution in [0.2, 0.25) is 0 Å². The summed E-state index contributed by atoms with van der Waals surface area (Å²) in [4.78, 5) is 58.9. The standard InChI is InChI=1S/C93H158O16P2/c1-4-7-10-13-16-19-22-25-28-31-34-37-40-41-42-43-44-45-48-50-52-55-58-61-64-67-70-73-76-79-91(96)103-82-88(94)83-105-110(99,100)106-84-89(95)85-107-111(101,102)108-87-90(109-93(98)81-78-75-72-69-66-63-60-57-54-51-47-39-36-33-30-27-24-21-18-15-12-9-6-3)86-104-92(97)80-77-74-71-68-65-62-59-56-53-49-46-38-35-32-29-26-23-20-17-14-11-8-5-2/h7,10,16-21,25-30,34-39,41-42,49,51,53-54,88-90,94-95H,4-6,8-9,11-15,22-24,31-33,40,43-48,50,52,55-87H2,1-3H3,(H,99,100)(H,101,102)/b10-7-,19-16-,20-17-,21-18-,28-25-,29-26-,30-27-,37-34-,38-35-,39-36-,42-41-,53-49-,54-51-. The third-order valence-electron chi connectivity index (χ3n) is 18.2. The maximum absolute atomic E-state index is 13.1. The van der Waals surface area contributed by atoms with Crippen LogP contribution in [0.5, 0.6) is 0 Å². The van der Waals surface area contributed by atoms with Crippen LogP contribution in [0.4, 0.5) is 0 Å². The first-order valence-electron chi connectivity index (χ1n) is 43.8. The van der Waals surface area contributed by atoms with Crippen LogP contribution in [0.1, 0.15) is 355 Å². The largest absolute Gasteiger partial charge is 0.472 e. The zero-order valence-corrected chi connectivity index (χ0v) is 71.6. The van der Waals surface area contributed by atoms with Crippen molar-refractivity contribution in [3.05, 3.63) is 158 Å². The molecule has 0 radical (unpaired) electrons. The molecule has 5 atom stereocenters. The molecule has 0 saturated heterocycles. The van der Waals surface area contributed by atoms with E-state index in [9.17, 15) is 43.5 Å². The number of unbranched alkanes of at least 4 members (excludes halogenated alkanes) is 33. The molecule has 0 aliphatic carbocycles. The Labute approximate surface area is 676 Å². The number of carbonyl (C=O) groups is 3. The summed E-state index contributed by atoms with van der Waals surface area (Å²) in [6.45, 7) is 2.52. The van der Waals surface area contributed by atoms with Gasteiger partial charge in [0, 0.05) is 19.3 Å². The van der Waals surface area contributed by atoms with Crippen LogP contribution in [0.25, 0.3) is 0 Å². The van der Waals surface area contributed by atoms with Gasteiger partial charge in [0.25, 0.3) is 0 Å². The van der Waals surface area contributed by atoms with E-state index in [1.54, 1.807) is 0 Å². The fraction of sp³-hybridized carbons (Fsp3) is 0.688. The summed E-state index contributed by atoms with van der Waals surface area (Å²) in [6, 6.07) is 0. The molecule has 0 bridgehead atoms. The molecule has 0 rings (SSSR count). The maximum atomic E-state index is 13.1. The number of phosphoric ester groups is 2. The van der Waals surface area contributed by atoms with Crippen molar-refractivity contribution in [3.63, 3.8) is 0 Å². The molecule has 0 aliphatic rings. The van der Waals surface area contributed by atoms with Crippen molar-refractivity contribution in [1.29, 1.82) is 0 Å². The summed E-state index contributed by atoms with van der Waals surface area (Å²) in [5.41, 5.74) is 0. The SMILES string of the molecule is CC/C=C\C/C=C\C/C=C\C/C=C\C/C=C\CCCCCCCCCCCCCCCC(=O)OCC(O)COP(=O)(O)OCC(O)COP(=O)(O)OCC(COC(=O)CCCCCCCCC/C=C\C/C=C\C/C=C\C/C=C\CCCCC)OC(=O)CCCCCCCCC/C=C\C/C=C\C/C=C\C/C=C\CCCCC. The fourth-order valence-corrected chi connectivity index (χ4v) is 13.2. The number of aliphatic hydroxyl groups is 2. The summed E-state index contributed by atoms with van der Waals surface area (Å²) < 4.78 is 61.4. The number of esters is 3. The van der Waals surface area contributed by atoms with Gasteiger partial charge < -0.3 is 34.2 Å². The van der Waals surface area contributed by atoms with Crippen molar-refractivity contribution in [2.75, 3.05) is 39.6 Å². The monoisotopic (exact) mass is 1590 g/mol. The number of aliphatic hydroxyl groups excluding tert-OH is 2. The molecule has 16 nitrogen and oxygen atoms in total. The molecular weight excluding hydrogens is 1430 g/mol. The van der Waals surface area contributed by atoms with Crippen LogP contribution in [-0.2, 0) is 55.8 Å². The summed E-state index contributed by atoms with van der Waals surface area (Å²) in [5, 5.41) is 20.7. The first-order chi connectivity index (χ1) is 54.2. The second kappa shape index (κ2) is 84.6. The Morgan fingerprint density at radius 1 is 0.261 bits per heavy atom. The second-order valence-corrected chi connectivity index (χ2v) is 31.9. The van der Waals surface area contributed by atoms with Gasteiger partial charge in [-0.1, -0.05) is 339 Å². The van der Waals surface area contributed by atoms with Crippen molar-refractivity contribution in [3.8, 4) is 0 Å². The smallest absolute Gasteiger partial charge is 0.463 e. The van der Waals surface area contributed by atoms with Crippen LogP contribution >= 0.6 is 15.6 Å². The van der Waals surface area contributed by atoms with E-state index in [1.165, 1.54) is 109 Å². The summed E-state index contributed by atoms with van der Waals surface area (Å²) in [6.07, 6.45) is 107. The third kappa shape index (κ3) is 85.9. The number of phosphoric acid groups is 2. The van der Waals surface area contributed by atoms with E-state index in [0.29, 0.717) is 19.3 Å². The highest BCUT2D eigenvalue weighted by atomic mass is 31.2. The van der Waals surface area contributed by atoms with Crippen molar-refractivity contribution in [2.45, 2.75) is 373 Å². The Kier molecular flexibility index (Phi) is 80.9. The van der Waals surface area contributed by atoms with Gasteiger partial charge >= 0.3 is 33.6 Å². The number of carbonyl (C=O) groups excluding carboxylic acids is 3. The first kappa shape index (κ1) is 106. The topological polar surface area (TPSA) is 231 Å². The lowest BCUT2D eigenvalue weighted by Gasteiger charge is -2.21. The van der Waals surface area contributed by atoms with Gasteiger partial charge in [-0.2, -0.15) is 0 Å². The minimum atomic E-state index is -4.95. The molecule has 111 heavy (non-hydrogen) atoms. The highest BCUT2D eigenvalue weighted by Crippen LogP contribution is 2.45. The van der Waals surface area contributed by atoms with Crippen LogP contribution in [0, 0.1) is 0 Å². The molecule has 0 aliphatic heterocycles. The number of ether oxygens (including phenoxy) is 3. The minimum absolute atomic E-state index is 0.0855. The van der Waals surface area contributed by atoms with E-state index in [-0.39, 0.29) is 19.3 Å². The van der Waals surface area contributed by atoms with Crippen molar-refractivity contribution < 1.29 is 75.8 Å². The molecule has 0 spiro atoms. The molecule has 0 aromatic heterocycles. The Hall–Kier alpha value is -4.83. The molecular formula is C93H158O16P2. The van der Waals surface area contributed by atoms with Gasteiger partial charge in [-0.15, -0.1) is 0 Å². The predicted octanol–water partition coefficient (Wildman–Crippen LogP) is 26.5. The highest BCUT2D eigenvalue weighted by Gasteiger charge is 2.29. The van der Waals surface area contributed by atoms with Crippen molar-refractivity contribution >= 4 is 33.6 Å². The van der Waals surface area contributed by atoms with E-state index in [0.717, 1.165) is 186 Å². The molecule has 18 heteroatoms. The Morgan fingerprint density at radius 3 is 0.757 bits per heavy atom. The Bertz CT molecular complexity index is 2650. The van der Waals surface area contributed by atoms with Gasteiger partial charge in [0.15, 0.2) is 6.10 Å². The summed E-state index contributed by atoms with van der Waals surface area (Å²) >= 11 is 0. The van der Waals surface area contributed by atoms with Crippen molar-refractivity contribution in [2.24, 2.45) is 0 Å². The Morgan fingerprint density at radius 2 is 0.477 bits per heavy atom. The van der Waals surface area contributed by atoms with E-state index < -0.39 is 91.5 Å². The molecule has 0 fully saturated rings. The number of hydrogen-bond acceptors (Lipinski definition) is 14. The van der Waals surface area contributed by atoms with Crippen LogP contribution in [0.15, 0.2) is 158 Å². The molecule has 0 saturated carbocycles. The van der Waals surface area contributed by atoms with Gasteiger partial charge in [0.05, 0.1) is 26.4 Å². The average molecular weight is 1590 g/mol. The minimum Gasteiger partial charge on any atom is -0.463 e. The first-order valence-corrected chi connectivity index (χ1v) is 46.8. The van der Waals surface area contributed by atoms with Gasteiger partial charge in [-0.25, -0.2) is 9.13 Å². The van der Waals surface area contributed by atoms with Crippen LogP contribution in [0.3, 0.4) is 0 Å². The van der Waals surface area contributed by atoms with Gasteiger partial charge in [-0.3, -0.25) is 32.5 Å². The molecule has 0 heterocycles. The van der Waals surface area contributed by atoms with E-state index in [1.807, 2.05) is 0 Å². The number of rotatable bonds is 82.